The predicted octanol–water partition coefficient (Wildman–Crippen LogP) is 2.13. The molecule has 9 nitrogen and oxygen atoms in total. The van der Waals surface area contributed by atoms with E-state index in [1.54, 1.807) is 30.3 Å². The number of hydrogen-bond donors (Lipinski definition) is 2. The molecule has 1 amide bonds. The molecule has 0 saturated carbocycles. The highest BCUT2D eigenvalue weighted by Gasteiger charge is 2.27. The molecule has 0 spiro atoms. The number of anilines is 1. The fraction of sp³-hybridized carbons (Fsp3) is 0.0476. The van der Waals surface area contributed by atoms with Crippen LogP contribution in [0.1, 0.15) is 15.9 Å². The summed E-state index contributed by atoms with van der Waals surface area (Å²) in [6, 6.07) is 18.3. The van der Waals surface area contributed by atoms with Crippen LogP contribution in [-0.4, -0.2) is 43.1 Å². The molecule has 0 radical (unpaired) electrons. The topological polar surface area (TPSA) is 129 Å². The van der Waals surface area contributed by atoms with Crippen LogP contribution in [0.15, 0.2) is 89.0 Å². The highest BCUT2D eigenvalue weighted by atomic mass is 32.2. The summed E-state index contributed by atoms with van der Waals surface area (Å²) in [5, 5.41) is 12.7. The first kappa shape index (κ1) is 21.7. The minimum absolute atomic E-state index is 0.0236. The van der Waals surface area contributed by atoms with Crippen molar-refractivity contribution in [1.29, 1.82) is 0 Å². The number of carbonyl (C=O) groups excluding carboxylic acids is 1. The number of pyridine rings is 1. The molecule has 0 saturated heterocycles. The number of hydrogen-bond acceptors (Lipinski definition) is 6. The van der Waals surface area contributed by atoms with Crippen LogP contribution < -0.4 is 9.73 Å². The lowest BCUT2D eigenvalue weighted by molar-refractivity contribution is -0.119. The first-order chi connectivity index (χ1) is 14.9. The van der Waals surface area contributed by atoms with Gasteiger partial charge in [0.25, 0.3) is 15.9 Å². The molecule has 1 aromatic heterocycles. The van der Waals surface area contributed by atoms with E-state index >= 15 is 0 Å². The lowest BCUT2D eigenvalue weighted by atomic mass is 10.1. The largest absolute Gasteiger partial charge is 0.478 e. The Hall–Kier alpha value is -4.05. The molecule has 0 fully saturated rings. The molecule has 158 valence electrons. The van der Waals surface area contributed by atoms with Crippen molar-refractivity contribution in [3.63, 3.8) is 0 Å². The number of hydrazone groups is 1. The van der Waals surface area contributed by atoms with Gasteiger partial charge in [-0.15, -0.1) is 0 Å². The molecule has 1 heterocycles. The number of nitrogens with one attached hydrogen (secondary N) is 1. The predicted molar refractivity (Wildman–Crippen MR) is 114 cm³/mol. The SMILES string of the molecule is O=C(CN(c1ccccn1)S(=O)(=O)c1ccccc1)N/N=C\c1ccc(C(=O)O)cc1. The number of carboxylic acids is 1. The number of aromatic nitrogens is 1. The second kappa shape index (κ2) is 9.63. The van der Waals surface area contributed by atoms with Crippen LogP contribution >= 0.6 is 0 Å². The Balaban J connectivity index is 1.75. The van der Waals surface area contributed by atoms with Gasteiger partial charge in [0.15, 0.2) is 0 Å². The second-order valence-electron chi connectivity index (χ2n) is 6.23. The van der Waals surface area contributed by atoms with Gasteiger partial charge in [-0.25, -0.2) is 27.9 Å². The van der Waals surface area contributed by atoms with Crippen molar-refractivity contribution in [2.24, 2.45) is 5.10 Å². The molecule has 0 aliphatic heterocycles. The average molecular weight is 438 g/mol. The summed E-state index contributed by atoms with van der Waals surface area (Å²) >= 11 is 0. The van der Waals surface area contributed by atoms with Gasteiger partial charge in [0.05, 0.1) is 16.7 Å². The second-order valence-corrected chi connectivity index (χ2v) is 8.10. The maximum atomic E-state index is 13.1. The van der Waals surface area contributed by atoms with E-state index in [2.05, 4.69) is 15.5 Å². The van der Waals surface area contributed by atoms with Gasteiger partial charge in [0.1, 0.15) is 12.4 Å². The molecule has 3 aromatic rings. The van der Waals surface area contributed by atoms with Crippen molar-refractivity contribution < 1.29 is 23.1 Å². The monoisotopic (exact) mass is 438 g/mol. The zero-order valence-electron chi connectivity index (χ0n) is 16.1. The number of carboxylic acid groups (broad SMARTS) is 1. The summed E-state index contributed by atoms with van der Waals surface area (Å²) in [4.78, 5) is 27.3. The molecule has 2 aromatic carbocycles. The van der Waals surface area contributed by atoms with Crippen LogP contribution in [-0.2, 0) is 14.8 Å². The van der Waals surface area contributed by atoms with Gasteiger partial charge in [-0.05, 0) is 42.0 Å². The Labute approximate surface area is 178 Å². The van der Waals surface area contributed by atoms with Gasteiger partial charge in [-0.2, -0.15) is 5.10 Å². The van der Waals surface area contributed by atoms with Crippen molar-refractivity contribution in [3.8, 4) is 0 Å². The van der Waals surface area contributed by atoms with E-state index in [1.807, 2.05) is 0 Å². The van der Waals surface area contributed by atoms with Gasteiger partial charge in [-0.3, -0.25) is 4.79 Å². The maximum absolute atomic E-state index is 13.1. The molecule has 0 unspecified atom stereocenters. The third-order valence-corrected chi connectivity index (χ3v) is 5.85. The molecule has 31 heavy (non-hydrogen) atoms. The lowest BCUT2D eigenvalue weighted by Crippen LogP contribution is -2.40. The van der Waals surface area contributed by atoms with Crippen LogP contribution in [0.5, 0.6) is 0 Å². The third kappa shape index (κ3) is 5.52. The molecule has 2 N–H and O–H groups in total. The first-order valence-corrected chi connectivity index (χ1v) is 10.5. The standard InChI is InChI=1S/C21H18N4O5S/c26-20(24-23-14-16-9-11-17(12-10-16)21(27)28)15-25(19-8-4-5-13-22-19)31(29,30)18-6-2-1-3-7-18/h1-14H,15H2,(H,24,26)(H,27,28)/b23-14-. The Bertz CT molecular complexity index is 1180. The number of sulfonamides is 1. The highest BCUT2D eigenvalue weighted by molar-refractivity contribution is 7.92. The van der Waals surface area contributed by atoms with E-state index in [0.29, 0.717) is 5.56 Å². The molecule has 0 aliphatic carbocycles. The number of carbonyl (C=O) groups is 2. The first-order valence-electron chi connectivity index (χ1n) is 9.02. The van der Waals surface area contributed by atoms with Crippen molar-refractivity contribution in [3.05, 3.63) is 90.1 Å². The fourth-order valence-corrected chi connectivity index (χ4v) is 3.96. The van der Waals surface area contributed by atoms with Crippen LogP contribution in [0.2, 0.25) is 0 Å². The van der Waals surface area contributed by atoms with Crippen molar-refractivity contribution in [1.82, 2.24) is 10.4 Å². The Morgan fingerprint density at radius 3 is 2.29 bits per heavy atom. The van der Waals surface area contributed by atoms with Gasteiger partial charge in [0, 0.05) is 6.20 Å². The molecule has 0 aliphatic rings. The van der Waals surface area contributed by atoms with Crippen LogP contribution in [0.25, 0.3) is 0 Å². The molecule has 0 atom stereocenters. The van der Waals surface area contributed by atoms with Crippen molar-refractivity contribution in [2.45, 2.75) is 4.90 Å². The number of nitrogens with zero attached hydrogens (tertiary/aromatic N) is 3. The summed E-state index contributed by atoms with van der Waals surface area (Å²) in [7, 11) is -4.04. The van der Waals surface area contributed by atoms with E-state index < -0.39 is 28.4 Å². The van der Waals surface area contributed by atoms with E-state index in [9.17, 15) is 18.0 Å². The van der Waals surface area contributed by atoms with E-state index in [-0.39, 0.29) is 16.3 Å². The molecule has 10 heteroatoms. The quantitative estimate of drug-likeness (QED) is 0.409. The molecule has 3 rings (SSSR count). The van der Waals surface area contributed by atoms with E-state index in [1.165, 1.54) is 54.9 Å². The summed E-state index contributed by atoms with van der Waals surface area (Å²) in [6.07, 6.45) is 2.75. The van der Waals surface area contributed by atoms with Crippen LogP contribution in [0, 0.1) is 0 Å². The Morgan fingerprint density at radius 2 is 1.68 bits per heavy atom. The number of amides is 1. The van der Waals surface area contributed by atoms with Crippen molar-refractivity contribution in [2.75, 3.05) is 10.8 Å². The molecular weight excluding hydrogens is 420 g/mol. The Morgan fingerprint density at radius 1 is 1.00 bits per heavy atom. The highest BCUT2D eigenvalue weighted by Crippen LogP contribution is 2.21. The number of aromatic carboxylic acids is 1. The van der Waals surface area contributed by atoms with Gasteiger partial charge < -0.3 is 5.11 Å². The smallest absolute Gasteiger partial charge is 0.335 e. The number of rotatable bonds is 8. The Kier molecular flexibility index (Phi) is 6.73. The van der Waals surface area contributed by atoms with Crippen LogP contribution in [0.4, 0.5) is 5.82 Å². The normalized spacial score (nSPS) is 11.2. The van der Waals surface area contributed by atoms with Crippen LogP contribution in [0.3, 0.4) is 0 Å². The summed E-state index contributed by atoms with van der Waals surface area (Å²) < 4.78 is 27.0. The average Bonchev–Trinajstić information content (AvgIpc) is 2.79. The number of benzene rings is 2. The summed E-state index contributed by atoms with van der Waals surface area (Å²) in [5.41, 5.74) is 2.96. The summed E-state index contributed by atoms with van der Waals surface area (Å²) in [5.74, 6) is -1.63. The van der Waals surface area contributed by atoms with Gasteiger partial charge in [0.2, 0.25) is 0 Å². The van der Waals surface area contributed by atoms with Gasteiger partial charge >= 0.3 is 5.97 Å². The van der Waals surface area contributed by atoms with E-state index in [4.69, 9.17) is 5.11 Å². The third-order valence-electron chi connectivity index (χ3n) is 4.08. The van der Waals surface area contributed by atoms with Crippen molar-refractivity contribution >= 4 is 33.9 Å². The lowest BCUT2D eigenvalue weighted by Gasteiger charge is -2.22. The zero-order chi connectivity index (χ0) is 22.3. The summed E-state index contributed by atoms with van der Waals surface area (Å²) in [6.45, 7) is -0.538. The minimum atomic E-state index is -4.04. The van der Waals surface area contributed by atoms with E-state index in [0.717, 1.165) is 4.31 Å². The van der Waals surface area contributed by atoms with Gasteiger partial charge in [-0.1, -0.05) is 36.4 Å². The fourth-order valence-electron chi connectivity index (χ4n) is 2.57. The molecule has 0 bridgehead atoms. The maximum Gasteiger partial charge on any atom is 0.335 e. The minimum Gasteiger partial charge on any atom is -0.478 e. The zero-order valence-corrected chi connectivity index (χ0v) is 16.9. The molecular formula is C21H18N4O5S.